The van der Waals surface area contributed by atoms with Crippen LogP contribution in [0.2, 0.25) is 0 Å². The molecule has 0 aromatic heterocycles. The van der Waals surface area contributed by atoms with Crippen molar-refractivity contribution in [2.45, 2.75) is 0 Å². The summed E-state index contributed by atoms with van der Waals surface area (Å²) in [4.78, 5) is 23.4. The number of hydrogen-bond donors (Lipinski definition) is 0. The van der Waals surface area contributed by atoms with E-state index in [4.69, 9.17) is 4.74 Å². The van der Waals surface area contributed by atoms with Crippen LogP contribution in [0.3, 0.4) is 0 Å². The minimum Gasteiger partial charge on any atom is -0.472 e. The van der Waals surface area contributed by atoms with Gasteiger partial charge < -0.3 is 4.74 Å². The van der Waals surface area contributed by atoms with Gasteiger partial charge in [0.2, 0.25) is 0 Å². The molecule has 2 rings (SSSR count). The molecule has 0 aliphatic heterocycles. The lowest BCUT2D eigenvalue weighted by Gasteiger charge is -1.95. The van der Waals surface area contributed by atoms with Crippen molar-refractivity contribution in [2.75, 3.05) is 0 Å². The summed E-state index contributed by atoms with van der Waals surface area (Å²) < 4.78 is 5.02. The predicted octanol–water partition coefficient (Wildman–Crippen LogP) is 3.80. The number of rotatable bonds is 6. The second-order valence-corrected chi connectivity index (χ2v) is 4.20. The molecule has 3 heteroatoms. The maximum atomic E-state index is 11.7. The lowest BCUT2D eigenvalue weighted by atomic mass is 10.1. The molecule has 2 aromatic carbocycles. The Kier molecular flexibility index (Phi) is 5.24. The Morgan fingerprint density at radius 2 is 1.05 bits per heavy atom. The average Bonchev–Trinajstić information content (AvgIpc) is 2.55. The molecule has 0 heterocycles. The van der Waals surface area contributed by atoms with Crippen LogP contribution in [0.4, 0.5) is 0 Å². The molecule has 0 saturated heterocycles. The zero-order valence-corrected chi connectivity index (χ0v) is 11.3. The highest BCUT2D eigenvalue weighted by Gasteiger charge is 2.00. The van der Waals surface area contributed by atoms with Crippen LogP contribution in [0.15, 0.2) is 85.3 Å². The average molecular weight is 278 g/mol. The molecule has 0 amide bonds. The number of carbonyl (C=O) groups excluding carboxylic acids is 2. The van der Waals surface area contributed by atoms with Crippen molar-refractivity contribution in [1.29, 1.82) is 0 Å². The quantitative estimate of drug-likeness (QED) is 0.458. The molecule has 0 saturated carbocycles. The lowest BCUT2D eigenvalue weighted by Crippen LogP contribution is -1.94. The van der Waals surface area contributed by atoms with Gasteiger partial charge in [-0.1, -0.05) is 60.7 Å². The van der Waals surface area contributed by atoms with Crippen LogP contribution in [-0.4, -0.2) is 11.6 Å². The van der Waals surface area contributed by atoms with E-state index in [1.807, 2.05) is 12.1 Å². The molecule has 21 heavy (non-hydrogen) atoms. The molecular formula is C18H14O3. The Morgan fingerprint density at radius 3 is 1.43 bits per heavy atom. The summed E-state index contributed by atoms with van der Waals surface area (Å²) in [6, 6.07) is 17.7. The van der Waals surface area contributed by atoms with E-state index in [-0.39, 0.29) is 11.6 Å². The van der Waals surface area contributed by atoms with E-state index in [1.54, 1.807) is 48.5 Å². The number of carbonyl (C=O) groups is 2. The highest BCUT2D eigenvalue weighted by molar-refractivity contribution is 6.04. The zero-order valence-electron chi connectivity index (χ0n) is 11.3. The number of benzene rings is 2. The number of ketones is 2. The molecule has 0 unspecified atom stereocenters. The smallest absolute Gasteiger partial charge is 0.188 e. The van der Waals surface area contributed by atoms with E-state index >= 15 is 0 Å². The molecular weight excluding hydrogens is 264 g/mol. The highest BCUT2D eigenvalue weighted by atomic mass is 16.5. The van der Waals surface area contributed by atoms with Crippen molar-refractivity contribution in [3.05, 3.63) is 96.5 Å². The molecule has 3 nitrogen and oxygen atoms in total. The standard InChI is InChI=1S/C18H14O3/c19-17(15-7-3-1-4-8-15)11-13-21-14-12-18(20)16-9-5-2-6-10-16/h1-14H. The van der Waals surface area contributed by atoms with Crippen molar-refractivity contribution < 1.29 is 14.3 Å². The summed E-state index contributed by atoms with van der Waals surface area (Å²) >= 11 is 0. The fourth-order valence-electron chi connectivity index (χ4n) is 1.64. The maximum absolute atomic E-state index is 11.7. The number of hydrogen-bond acceptors (Lipinski definition) is 3. The van der Waals surface area contributed by atoms with E-state index in [0.29, 0.717) is 11.1 Å². The van der Waals surface area contributed by atoms with Gasteiger partial charge in [0.1, 0.15) is 0 Å². The van der Waals surface area contributed by atoms with Gasteiger partial charge in [-0.2, -0.15) is 0 Å². The molecule has 0 N–H and O–H groups in total. The second kappa shape index (κ2) is 7.60. The molecule has 0 bridgehead atoms. The molecule has 0 fully saturated rings. The Morgan fingerprint density at radius 1 is 0.667 bits per heavy atom. The summed E-state index contributed by atoms with van der Waals surface area (Å²) in [5.74, 6) is -0.309. The second-order valence-electron chi connectivity index (χ2n) is 4.20. The molecule has 0 radical (unpaired) electrons. The fraction of sp³-hybridized carbons (Fsp3) is 0. The maximum Gasteiger partial charge on any atom is 0.188 e. The van der Waals surface area contributed by atoms with Gasteiger partial charge in [-0.3, -0.25) is 9.59 Å². The van der Waals surface area contributed by atoms with Crippen LogP contribution in [0, 0.1) is 0 Å². The van der Waals surface area contributed by atoms with Gasteiger partial charge in [-0.25, -0.2) is 0 Å². The minimum atomic E-state index is -0.154. The van der Waals surface area contributed by atoms with E-state index in [2.05, 4.69) is 0 Å². The molecule has 2 aromatic rings. The molecule has 0 spiro atoms. The van der Waals surface area contributed by atoms with Crippen LogP contribution in [0.25, 0.3) is 0 Å². The van der Waals surface area contributed by atoms with Gasteiger partial charge in [0.05, 0.1) is 12.5 Å². The summed E-state index contributed by atoms with van der Waals surface area (Å²) in [5.41, 5.74) is 1.17. The van der Waals surface area contributed by atoms with Gasteiger partial charge in [0.25, 0.3) is 0 Å². The third kappa shape index (κ3) is 4.58. The van der Waals surface area contributed by atoms with Crippen LogP contribution in [0.5, 0.6) is 0 Å². The Hall–Kier alpha value is -2.94. The van der Waals surface area contributed by atoms with Gasteiger partial charge in [-0.05, 0) is 0 Å². The van der Waals surface area contributed by atoms with Crippen LogP contribution < -0.4 is 0 Å². The predicted molar refractivity (Wildman–Crippen MR) is 80.9 cm³/mol. The van der Waals surface area contributed by atoms with Gasteiger partial charge in [0.15, 0.2) is 11.6 Å². The zero-order chi connectivity index (χ0) is 14.9. The molecule has 104 valence electrons. The Bertz CT molecular complexity index is 596. The van der Waals surface area contributed by atoms with Gasteiger partial charge >= 0.3 is 0 Å². The third-order valence-electron chi connectivity index (χ3n) is 2.71. The van der Waals surface area contributed by atoms with Crippen molar-refractivity contribution in [1.82, 2.24) is 0 Å². The van der Waals surface area contributed by atoms with Crippen LogP contribution in [0.1, 0.15) is 20.7 Å². The highest BCUT2D eigenvalue weighted by Crippen LogP contribution is 2.02. The van der Waals surface area contributed by atoms with Crippen molar-refractivity contribution in [3.8, 4) is 0 Å². The van der Waals surface area contributed by atoms with Gasteiger partial charge in [0, 0.05) is 23.3 Å². The lowest BCUT2D eigenvalue weighted by molar-refractivity contribution is 0.103. The first kappa shape index (κ1) is 14.5. The van der Waals surface area contributed by atoms with E-state index in [1.165, 1.54) is 24.7 Å². The summed E-state index contributed by atoms with van der Waals surface area (Å²) in [6.45, 7) is 0. The summed E-state index contributed by atoms with van der Waals surface area (Å²) in [6.07, 6.45) is 5.13. The first-order valence-corrected chi connectivity index (χ1v) is 6.45. The SMILES string of the molecule is O=C(C=COC=CC(=O)c1ccccc1)c1ccccc1. The normalized spacial score (nSPS) is 10.9. The van der Waals surface area contributed by atoms with Gasteiger partial charge in [-0.15, -0.1) is 0 Å². The van der Waals surface area contributed by atoms with Crippen molar-refractivity contribution in [2.24, 2.45) is 0 Å². The third-order valence-corrected chi connectivity index (χ3v) is 2.71. The van der Waals surface area contributed by atoms with E-state index in [9.17, 15) is 9.59 Å². The van der Waals surface area contributed by atoms with Crippen molar-refractivity contribution in [3.63, 3.8) is 0 Å². The fourth-order valence-corrected chi connectivity index (χ4v) is 1.64. The van der Waals surface area contributed by atoms with E-state index in [0.717, 1.165) is 0 Å². The number of ether oxygens (including phenoxy) is 1. The first-order valence-electron chi connectivity index (χ1n) is 6.45. The van der Waals surface area contributed by atoms with E-state index < -0.39 is 0 Å². The van der Waals surface area contributed by atoms with Crippen LogP contribution in [-0.2, 0) is 4.74 Å². The van der Waals surface area contributed by atoms with Crippen LogP contribution >= 0.6 is 0 Å². The van der Waals surface area contributed by atoms with Crippen molar-refractivity contribution >= 4 is 11.6 Å². The minimum absolute atomic E-state index is 0.154. The topological polar surface area (TPSA) is 43.4 Å². The molecule has 0 aliphatic rings. The summed E-state index contributed by atoms with van der Waals surface area (Å²) in [5, 5.41) is 0. The monoisotopic (exact) mass is 278 g/mol. The number of allylic oxidation sites excluding steroid dienone is 2. The molecule has 0 aliphatic carbocycles. The Labute approximate surface area is 123 Å². The first-order chi connectivity index (χ1) is 10.3. The largest absolute Gasteiger partial charge is 0.472 e. The Balaban J connectivity index is 1.84. The summed E-state index contributed by atoms with van der Waals surface area (Å²) in [7, 11) is 0. The molecule has 0 atom stereocenters.